The van der Waals surface area contributed by atoms with E-state index in [9.17, 15) is 13.2 Å². The van der Waals surface area contributed by atoms with Crippen LogP contribution in [0.4, 0.5) is 18.9 Å². The van der Waals surface area contributed by atoms with E-state index >= 15 is 0 Å². The lowest BCUT2D eigenvalue weighted by Crippen LogP contribution is -2.55. The summed E-state index contributed by atoms with van der Waals surface area (Å²) in [5.41, 5.74) is 1.03. The maximum Gasteiger partial charge on any atom is 0.166 e. The number of piperidine rings is 1. The van der Waals surface area contributed by atoms with Gasteiger partial charge in [-0.25, -0.2) is 13.2 Å². The third kappa shape index (κ3) is 4.57. The number of anilines is 1. The first-order valence-electron chi connectivity index (χ1n) is 10.5. The predicted molar refractivity (Wildman–Crippen MR) is 111 cm³/mol. The Balaban J connectivity index is 1.34. The fraction of sp³-hybridized carbons (Fsp3) is 0.478. The second-order valence-corrected chi connectivity index (χ2v) is 8.07. The molecule has 0 aliphatic carbocycles. The monoisotopic (exact) mass is 419 g/mol. The van der Waals surface area contributed by atoms with Crippen LogP contribution in [0.3, 0.4) is 0 Å². The second-order valence-electron chi connectivity index (χ2n) is 8.07. The minimum absolute atomic E-state index is 0.109. The number of methoxy groups -OCH3 is 1. The molecule has 0 N–H and O–H groups in total. The van der Waals surface area contributed by atoms with Crippen molar-refractivity contribution in [1.82, 2.24) is 9.80 Å². The minimum Gasteiger partial charge on any atom is -0.497 e. The van der Waals surface area contributed by atoms with E-state index in [4.69, 9.17) is 4.74 Å². The van der Waals surface area contributed by atoms with Crippen molar-refractivity contribution in [2.24, 2.45) is 0 Å². The fourth-order valence-corrected chi connectivity index (χ4v) is 4.55. The Morgan fingerprint density at radius 3 is 2.30 bits per heavy atom. The van der Waals surface area contributed by atoms with E-state index in [-0.39, 0.29) is 12.1 Å². The van der Waals surface area contributed by atoms with Gasteiger partial charge in [-0.2, -0.15) is 0 Å². The summed E-state index contributed by atoms with van der Waals surface area (Å²) in [5, 5.41) is 0. The molecule has 30 heavy (non-hydrogen) atoms. The van der Waals surface area contributed by atoms with Crippen molar-refractivity contribution in [1.29, 1.82) is 0 Å². The first kappa shape index (κ1) is 21.0. The van der Waals surface area contributed by atoms with Gasteiger partial charge in [0.05, 0.1) is 7.11 Å². The van der Waals surface area contributed by atoms with E-state index in [0.717, 1.165) is 70.0 Å². The standard InChI is InChI=1S/C23H28F3N3O/c1-30-19-6-4-17(5-7-19)28-11-13-29(14-12-28)18-3-2-10-27(15-18)16-20-21(24)8-9-22(25)23(20)26/h4-9,18H,2-3,10-16H2,1H3/t18-/m0/s1. The summed E-state index contributed by atoms with van der Waals surface area (Å²) in [6.07, 6.45) is 2.05. The van der Waals surface area contributed by atoms with Crippen LogP contribution in [0.25, 0.3) is 0 Å². The zero-order chi connectivity index (χ0) is 21.1. The molecule has 4 nitrogen and oxygen atoms in total. The Morgan fingerprint density at radius 2 is 1.60 bits per heavy atom. The van der Waals surface area contributed by atoms with Crippen LogP contribution >= 0.6 is 0 Å². The minimum atomic E-state index is -1.06. The largest absolute Gasteiger partial charge is 0.497 e. The number of benzene rings is 2. The highest BCUT2D eigenvalue weighted by Gasteiger charge is 2.29. The van der Waals surface area contributed by atoms with Crippen molar-refractivity contribution in [3.8, 4) is 5.75 Å². The summed E-state index contributed by atoms with van der Waals surface area (Å²) in [6.45, 7) is 5.42. The topological polar surface area (TPSA) is 19.0 Å². The predicted octanol–water partition coefficient (Wildman–Crippen LogP) is 3.90. The lowest BCUT2D eigenvalue weighted by molar-refractivity contribution is 0.0873. The highest BCUT2D eigenvalue weighted by atomic mass is 19.2. The number of hydrogen-bond acceptors (Lipinski definition) is 4. The summed E-state index contributed by atoms with van der Waals surface area (Å²) in [4.78, 5) is 6.89. The average molecular weight is 419 g/mol. The van der Waals surface area contributed by atoms with Gasteiger partial charge in [-0.1, -0.05) is 0 Å². The van der Waals surface area contributed by atoms with Gasteiger partial charge in [-0.15, -0.1) is 0 Å². The molecule has 0 spiro atoms. The first-order valence-corrected chi connectivity index (χ1v) is 10.5. The third-order valence-electron chi connectivity index (χ3n) is 6.27. The van der Waals surface area contributed by atoms with Crippen LogP contribution in [-0.2, 0) is 6.54 Å². The van der Waals surface area contributed by atoms with Gasteiger partial charge in [0.2, 0.25) is 0 Å². The lowest BCUT2D eigenvalue weighted by Gasteiger charge is -2.44. The molecule has 2 aromatic carbocycles. The van der Waals surface area contributed by atoms with E-state index in [2.05, 4.69) is 21.9 Å². The maximum atomic E-state index is 14.1. The van der Waals surface area contributed by atoms with Crippen LogP contribution in [0.5, 0.6) is 5.75 Å². The van der Waals surface area contributed by atoms with E-state index in [1.54, 1.807) is 7.11 Å². The molecule has 0 unspecified atom stereocenters. The van der Waals surface area contributed by atoms with Crippen molar-refractivity contribution >= 4 is 5.69 Å². The van der Waals surface area contributed by atoms with Gasteiger partial charge < -0.3 is 9.64 Å². The molecular formula is C23H28F3N3O. The molecule has 0 saturated carbocycles. The van der Waals surface area contributed by atoms with Gasteiger partial charge in [-0.3, -0.25) is 9.80 Å². The fourth-order valence-electron chi connectivity index (χ4n) is 4.55. The number of nitrogens with zero attached hydrogens (tertiary/aromatic N) is 3. The Kier molecular flexibility index (Phi) is 6.49. The number of piperazine rings is 1. The number of rotatable bonds is 5. The Labute approximate surface area is 175 Å². The number of ether oxygens (including phenoxy) is 1. The molecule has 1 atom stereocenters. The van der Waals surface area contributed by atoms with Crippen LogP contribution in [-0.4, -0.2) is 62.2 Å². The van der Waals surface area contributed by atoms with E-state index in [0.29, 0.717) is 6.04 Å². The molecule has 162 valence electrons. The van der Waals surface area contributed by atoms with Gasteiger partial charge in [0.1, 0.15) is 11.6 Å². The molecule has 2 heterocycles. The Morgan fingerprint density at radius 1 is 0.900 bits per heavy atom. The lowest BCUT2D eigenvalue weighted by atomic mass is 10.0. The van der Waals surface area contributed by atoms with Gasteiger partial charge in [0.15, 0.2) is 11.6 Å². The SMILES string of the molecule is COc1ccc(N2CCN([C@H]3CCCN(Cc4c(F)ccc(F)c4F)C3)CC2)cc1. The van der Waals surface area contributed by atoms with E-state index in [1.807, 2.05) is 17.0 Å². The maximum absolute atomic E-state index is 14.1. The molecule has 2 aliphatic heterocycles. The van der Waals surface area contributed by atoms with Crippen molar-refractivity contribution in [2.45, 2.75) is 25.4 Å². The van der Waals surface area contributed by atoms with Crippen molar-refractivity contribution in [3.63, 3.8) is 0 Å². The van der Waals surface area contributed by atoms with E-state index < -0.39 is 17.5 Å². The molecule has 7 heteroatoms. The number of likely N-dealkylation sites (tertiary alicyclic amines) is 1. The molecule has 2 saturated heterocycles. The van der Waals surface area contributed by atoms with Gasteiger partial charge >= 0.3 is 0 Å². The Bertz CT molecular complexity index is 854. The Hall–Kier alpha value is -2.25. The smallest absolute Gasteiger partial charge is 0.166 e. The first-order chi connectivity index (χ1) is 14.5. The molecule has 4 rings (SSSR count). The molecule has 2 aliphatic rings. The second kappa shape index (κ2) is 9.27. The molecule has 2 aromatic rings. The van der Waals surface area contributed by atoms with Gasteiger partial charge in [-0.05, 0) is 55.8 Å². The molecule has 0 amide bonds. The van der Waals surface area contributed by atoms with Crippen molar-refractivity contribution in [3.05, 3.63) is 59.4 Å². The van der Waals surface area contributed by atoms with Gasteiger partial charge in [0, 0.05) is 56.6 Å². The zero-order valence-corrected chi connectivity index (χ0v) is 17.3. The van der Waals surface area contributed by atoms with Crippen LogP contribution in [0.2, 0.25) is 0 Å². The van der Waals surface area contributed by atoms with Crippen molar-refractivity contribution < 1.29 is 17.9 Å². The zero-order valence-electron chi connectivity index (χ0n) is 17.3. The number of halogens is 3. The molecule has 2 fully saturated rings. The molecule has 0 bridgehead atoms. The van der Waals surface area contributed by atoms with Crippen LogP contribution in [0.15, 0.2) is 36.4 Å². The third-order valence-corrected chi connectivity index (χ3v) is 6.27. The van der Waals surface area contributed by atoms with Crippen LogP contribution in [0.1, 0.15) is 18.4 Å². The summed E-state index contributed by atoms with van der Waals surface area (Å²) >= 11 is 0. The quantitative estimate of drug-likeness (QED) is 0.685. The summed E-state index contributed by atoms with van der Waals surface area (Å²) < 4.78 is 46.8. The van der Waals surface area contributed by atoms with Gasteiger partial charge in [0.25, 0.3) is 0 Å². The normalized spacial score (nSPS) is 21.1. The molecule has 0 aromatic heterocycles. The highest BCUT2D eigenvalue weighted by molar-refractivity contribution is 5.49. The number of hydrogen-bond donors (Lipinski definition) is 0. The summed E-state index contributed by atoms with van der Waals surface area (Å²) in [7, 11) is 1.66. The van der Waals surface area contributed by atoms with Crippen molar-refractivity contribution in [2.75, 3.05) is 51.3 Å². The highest BCUT2D eigenvalue weighted by Crippen LogP contribution is 2.25. The molecule has 0 radical (unpaired) electrons. The van der Waals surface area contributed by atoms with Crippen LogP contribution < -0.4 is 9.64 Å². The summed E-state index contributed by atoms with van der Waals surface area (Å²) in [5.74, 6) is -1.88. The van der Waals surface area contributed by atoms with E-state index in [1.165, 1.54) is 5.69 Å². The molecular weight excluding hydrogens is 391 g/mol. The summed E-state index contributed by atoms with van der Waals surface area (Å²) in [6, 6.07) is 10.3. The van der Waals surface area contributed by atoms with Crippen LogP contribution in [0, 0.1) is 17.5 Å². The average Bonchev–Trinajstić information content (AvgIpc) is 2.80.